The molecule has 3 aromatic rings. The molecule has 3 rings (SSSR count). The molecule has 0 N–H and O–H groups in total. The summed E-state index contributed by atoms with van der Waals surface area (Å²) in [6, 6.07) is 24.3. The van der Waals surface area contributed by atoms with Crippen molar-refractivity contribution in [1.29, 1.82) is 0 Å². The lowest BCUT2D eigenvalue weighted by Gasteiger charge is -2.16. The average molecular weight is 463 g/mol. The first-order valence-corrected chi connectivity index (χ1v) is 13.4. The molecule has 1 atom stereocenters. The first kappa shape index (κ1) is 26.6. The van der Waals surface area contributed by atoms with Gasteiger partial charge in [-0.05, 0) is 97.9 Å². The maximum atomic E-state index is 5.61. The van der Waals surface area contributed by atoms with Crippen LogP contribution in [0.5, 0.6) is 0 Å². The second kappa shape index (κ2) is 13.7. The van der Waals surface area contributed by atoms with Gasteiger partial charge in [0, 0.05) is 5.56 Å². The van der Waals surface area contributed by atoms with Gasteiger partial charge in [-0.1, -0.05) is 105 Å². The molecule has 35 heavy (non-hydrogen) atoms. The molecule has 3 aromatic carbocycles. The lowest BCUT2D eigenvalue weighted by Crippen LogP contribution is -2.02. The van der Waals surface area contributed by atoms with Crippen molar-refractivity contribution in [2.75, 3.05) is 0 Å². The smallest absolute Gasteiger partial charge is 0.0248 e. The standard InChI is InChI=1S/C35H42/c1-6-12-31(14-9-17-32-16-8-13-27(3)23-32)15-10-18-33-19-11-20-34(26-33)29(5)24-35-25-30(7-2)22-21-28(35)4/h2,8,11,13,16,19-26,31H,6,9-10,12,14-15,17-18H2,1,3-5H3/b29-24+. The van der Waals surface area contributed by atoms with Gasteiger partial charge < -0.3 is 0 Å². The fourth-order valence-corrected chi connectivity index (χ4v) is 5.07. The van der Waals surface area contributed by atoms with Crippen LogP contribution in [-0.4, -0.2) is 0 Å². The number of hydrogen-bond donors (Lipinski definition) is 0. The maximum absolute atomic E-state index is 5.61. The third-order valence-electron chi connectivity index (χ3n) is 7.14. The lowest BCUT2D eigenvalue weighted by atomic mass is 9.89. The Bertz CT molecular complexity index is 1150. The van der Waals surface area contributed by atoms with E-state index in [1.165, 1.54) is 83.9 Å². The van der Waals surface area contributed by atoms with E-state index in [1.807, 2.05) is 6.07 Å². The minimum absolute atomic E-state index is 0.848. The lowest BCUT2D eigenvalue weighted by molar-refractivity contribution is 0.394. The number of hydrogen-bond acceptors (Lipinski definition) is 0. The van der Waals surface area contributed by atoms with E-state index < -0.39 is 0 Å². The van der Waals surface area contributed by atoms with E-state index in [4.69, 9.17) is 6.42 Å². The van der Waals surface area contributed by atoms with Crippen LogP contribution in [0, 0.1) is 32.1 Å². The average Bonchev–Trinajstić information content (AvgIpc) is 2.85. The van der Waals surface area contributed by atoms with Gasteiger partial charge in [-0.15, -0.1) is 6.42 Å². The van der Waals surface area contributed by atoms with Crippen LogP contribution < -0.4 is 0 Å². The van der Waals surface area contributed by atoms with Crippen LogP contribution in [-0.2, 0) is 12.8 Å². The van der Waals surface area contributed by atoms with Crippen molar-refractivity contribution < 1.29 is 0 Å². The molecule has 0 nitrogen and oxygen atoms in total. The van der Waals surface area contributed by atoms with Gasteiger partial charge in [-0.3, -0.25) is 0 Å². The number of terminal acetylenes is 1. The van der Waals surface area contributed by atoms with Crippen molar-refractivity contribution in [3.63, 3.8) is 0 Å². The summed E-state index contributed by atoms with van der Waals surface area (Å²) in [5, 5.41) is 0. The number of allylic oxidation sites excluding steroid dienone is 1. The zero-order chi connectivity index (χ0) is 25.0. The number of aryl methyl sites for hydroxylation is 4. The van der Waals surface area contributed by atoms with Crippen molar-refractivity contribution in [1.82, 2.24) is 0 Å². The minimum atomic E-state index is 0.848. The summed E-state index contributed by atoms with van der Waals surface area (Å²) < 4.78 is 0. The largest absolute Gasteiger partial charge is 0.115 e. The third kappa shape index (κ3) is 8.60. The summed E-state index contributed by atoms with van der Waals surface area (Å²) in [5.74, 6) is 3.60. The van der Waals surface area contributed by atoms with Crippen molar-refractivity contribution in [2.45, 2.75) is 79.1 Å². The maximum Gasteiger partial charge on any atom is 0.0248 e. The fraction of sp³-hybridized carbons (Fsp3) is 0.371. The van der Waals surface area contributed by atoms with Crippen LogP contribution in [0.4, 0.5) is 0 Å². The van der Waals surface area contributed by atoms with E-state index in [2.05, 4.69) is 100 Å². The quantitative estimate of drug-likeness (QED) is 0.186. The van der Waals surface area contributed by atoms with Gasteiger partial charge in [-0.25, -0.2) is 0 Å². The van der Waals surface area contributed by atoms with Crippen LogP contribution in [0.3, 0.4) is 0 Å². The van der Waals surface area contributed by atoms with Gasteiger partial charge >= 0.3 is 0 Å². The van der Waals surface area contributed by atoms with E-state index in [0.29, 0.717) is 0 Å². The molecular weight excluding hydrogens is 420 g/mol. The second-order valence-corrected chi connectivity index (χ2v) is 10.2. The van der Waals surface area contributed by atoms with Crippen LogP contribution in [0.15, 0.2) is 66.7 Å². The highest BCUT2D eigenvalue weighted by atomic mass is 14.1. The summed E-state index contributed by atoms with van der Waals surface area (Å²) in [6.45, 7) is 8.86. The van der Waals surface area contributed by atoms with Gasteiger partial charge in [0.05, 0.1) is 0 Å². The molecule has 0 fully saturated rings. The number of rotatable bonds is 12. The summed E-state index contributed by atoms with van der Waals surface area (Å²) in [6.07, 6.45) is 18.1. The monoisotopic (exact) mass is 462 g/mol. The Labute approximate surface area is 214 Å². The van der Waals surface area contributed by atoms with E-state index in [-0.39, 0.29) is 0 Å². The molecule has 0 aromatic heterocycles. The molecule has 0 aliphatic heterocycles. The molecule has 0 heterocycles. The highest BCUT2D eigenvalue weighted by molar-refractivity contribution is 5.81. The molecule has 0 saturated heterocycles. The van der Waals surface area contributed by atoms with Crippen molar-refractivity contribution in [2.24, 2.45) is 5.92 Å². The Morgan fingerprint density at radius 2 is 1.54 bits per heavy atom. The van der Waals surface area contributed by atoms with Gasteiger partial charge in [0.1, 0.15) is 0 Å². The van der Waals surface area contributed by atoms with Crippen molar-refractivity contribution >= 4 is 11.6 Å². The number of benzene rings is 3. The first-order valence-electron chi connectivity index (χ1n) is 13.4. The molecule has 0 bridgehead atoms. The summed E-state index contributed by atoms with van der Waals surface area (Å²) in [5.41, 5.74) is 10.3. The second-order valence-electron chi connectivity index (χ2n) is 10.2. The van der Waals surface area contributed by atoms with Gasteiger partial charge in [0.2, 0.25) is 0 Å². The Hall–Kier alpha value is -3.04. The molecular formula is C35H42. The van der Waals surface area contributed by atoms with Crippen LogP contribution in [0.2, 0.25) is 0 Å². The van der Waals surface area contributed by atoms with Crippen LogP contribution in [0.25, 0.3) is 11.6 Å². The molecule has 0 radical (unpaired) electrons. The fourth-order valence-electron chi connectivity index (χ4n) is 5.07. The molecule has 0 spiro atoms. The highest BCUT2D eigenvalue weighted by Crippen LogP contribution is 2.25. The summed E-state index contributed by atoms with van der Waals surface area (Å²) >= 11 is 0. The Balaban J connectivity index is 1.55. The summed E-state index contributed by atoms with van der Waals surface area (Å²) in [4.78, 5) is 0. The molecule has 1 unspecified atom stereocenters. The molecule has 0 aliphatic rings. The zero-order valence-corrected chi connectivity index (χ0v) is 22.2. The Kier molecular flexibility index (Phi) is 10.4. The first-order chi connectivity index (χ1) is 17.0. The molecule has 0 heteroatoms. The molecule has 182 valence electrons. The normalized spacial score (nSPS) is 12.4. The van der Waals surface area contributed by atoms with Crippen LogP contribution >= 0.6 is 0 Å². The molecule has 0 amide bonds. The minimum Gasteiger partial charge on any atom is -0.115 e. The van der Waals surface area contributed by atoms with Crippen molar-refractivity contribution in [3.8, 4) is 12.3 Å². The van der Waals surface area contributed by atoms with E-state index in [9.17, 15) is 0 Å². The molecule has 0 saturated carbocycles. The van der Waals surface area contributed by atoms with E-state index >= 15 is 0 Å². The SMILES string of the molecule is C#Cc1ccc(C)c(/C=C(\C)c2cccc(CCCC(CCC)CCCc3cccc(C)c3)c2)c1. The van der Waals surface area contributed by atoms with E-state index in [0.717, 1.165) is 17.9 Å². The topological polar surface area (TPSA) is 0 Å². The van der Waals surface area contributed by atoms with Gasteiger partial charge in [0.25, 0.3) is 0 Å². The van der Waals surface area contributed by atoms with Gasteiger partial charge in [0.15, 0.2) is 0 Å². The Morgan fingerprint density at radius 3 is 2.20 bits per heavy atom. The van der Waals surface area contributed by atoms with Gasteiger partial charge in [-0.2, -0.15) is 0 Å². The highest BCUT2D eigenvalue weighted by Gasteiger charge is 2.09. The van der Waals surface area contributed by atoms with E-state index in [1.54, 1.807) is 0 Å². The predicted octanol–water partition coefficient (Wildman–Crippen LogP) is 9.61. The predicted molar refractivity (Wildman–Crippen MR) is 155 cm³/mol. The molecule has 0 aliphatic carbocycles. The Morgan fingerprint density at radius 1 is 0.857 bits per heavy atom. The third-order valence-corrected chi connectivity index (χ3v) is 7.14. The van der Waals surface area contributed by atoms with Crippen LogP contribution in [0.1, 0.15) is 91.3 Å². The van der Waals surface area contributed by atoms with Crippen molar-refractivity contribution in [3.05, 3.63) is 106 Å². The zero-order valence-electron chi connectivity index (χ0n) is 22.2. The summed E-state index contributed by atoms with van der Waals surface area (Å²) in [7, 11) is 0.